The summed E-state index contributed by atoms with van der Waals surface area (Å²) in [4.78, 5) is 0. The van der Waals surface area contributed by atoms with E-state index in [0.29, 0.717) is 33.0 Å². The molecule has 0 bridgehead atoms. The van der Waals surface area contributed by atoms with E-state index in [-0.39, 0.29) is 29.8 Å². The fourth-order valence-electron chi connectivity index (χ4n) is 4.82. The topological polar surface area (TPSA) is 46.2 Å². The van der Waals surface area contributed by atoms with E-state index in [1.807, 2.05) is 54.6 Å². The molecule has 198 valence electrons. The van der Waals surface area contributed by atoms with Gasteiger partial charge in [0.1, 0.15) is 12.2 Å². The van der Waals surface area contributed by atoms with Gasteiger partial charge in [-0.25, -0.2) is 0 Å². The maximum absolute atomic E-state index is 6.72. The highest BCUT2D eigenvalue weighted by Crippen LogP contribution is 2.36. The van der Waals surface area contributed by atoms with Gasteiger partial charge in [0.05, 0.1) is 45.2 Å². The molecule has 0 unspecified atom stereocenters. The van der Waals surface area contributed by atoms with Crippen molar-refractivity contribution in [1.29, 1.82) is 0 Å². The Morgan fingerprint density at radius 2 is 1.24 bits per heavy atom. The van der Waals surface area contributed by atoms with Gasteiger partial charge in [-0.2, -0.15) is 0 Å². The van der Waals surface area contributed by atoms with Crippen molar-refractivity contribution >= 4 is 0 Å². The van der Waals surface area contributed by atoms with Gasteiger partial charge in [-0.05, 0) is 16.7 Å². The second-order valence-corrected chi connectivity index (χ2v) is 10.4. The largest absolute Gasteiger partial charge is 0.384 e. The van der Waals surface area contributed by atoms with Crippen molar-refractivity contribution in [3.8, 4) is 0 Å². The molecule has 0 aliphatic carbocycles. The van der Waals surface area contributed by atoms with Crippen molar-refractivity contribution in [3.05, 3.63) is 108 Å². The lowest BCUT2D eigenvalue weighted by molar-refractivity contribution is -0.241. The van der Waals surface area contributed by atoms with Crippen LogP contribution in [0, 0.1) is 5.41 Å². The van der Waals surface area contributed by atoms with Crippen LogP contribution in [0.15, 0.2) is 91.0 Å². The Bertz CT molecular complexity index is 1020. The van der Waals surface area contributed by atoms with Gasteiger partial charge in [-0.1, -0.05) is 105 Å². The molecule has 5 nitrogen and oxygen atoms in total. The quantitative estimate of drug-likeness (QED) is 0.277. The van der Waals surface area contributed by atoms with E-state index >= 15 is 0 Å². The number of benzene rings is 3. The van der Waals surface area contributed by atoms with E-state index in [0.717, 1.165) is 23.1 Å². The number of ether oxygens (including phenoxy) is 5. The summed E-state index contributed by atoms with van der Waals surface area (Å²) in [6.45, 7) is 6.90. The maximum Gasteiger partial charge on any atom is 0.113 e. The molecule has 1 aliphatic heterocycles. The minimum absolute atomic E-state index is 0.0601. The van der Waals surface area contributed by atoms with Crippen LogP contribution in [0.3, 0.4) is 0 Å². The number of methoxy groups -OCH3 is 1. The standard InChI is InChI=1S/C32H40O5/c1-32(2,24-33-3)30-19-28(35-21-26-15-9-5-10-16-26)31(36-22-27-17-11-6-12-18-27)29(37-30)23-34-20-25-13-7-4-8-14-25/h4-18,28-31H,19-24H2,1-3H3/t28-,29-,30-,31+/m1/s1. The van der Waals surface area contributed by atoms with Gasteiger partial charge >= 0.3 is 0 Å². The van der Waals surface area contributed by atoms with E-state index in [2.05, 4.69) is 50.2 Å². The summed E-state index contributed by atoms with van der Waals surface area (Å²) in [6.07, 6.45) is -0.0331. The van der Waals surface area contributed by atoms with E-state index in [1.165, 1.54) is 0 Å². The van der Waals surface area contributed by atoms with Crippen LogP contribution in [0.25, 0.3) is 0 Å². The van der Waals surface area contributed by atoms with Crippen molar-refractivity contribution in [2.24, 2.45) is 5.41 Å². The highest BCUT2D eigenvalue weighted by molar-refractivity contribution is 5.15. The van der Waals surface area contributed by atoms with Gasteiger partial charge in [0.15, 0.2) is 0 Å². The van der Waals surface area contributed by atoms with Gasteiger partial charge in [0.25, 0.3) is 0 Å². The fourth-order valence-corrected chi connectivity index (χ4v) is 4.82. The van der Waals surface area contributed by atoms with Crippen molar-refractivity contribution in [1.82, 2.24) is 0 Å². The molecule has 1 heterocycles. The van der Waals surface area contributed by atoms with Gasteiger partial charge < -0.3 is 23.7 Å². The molecule has 1 fully saturated rings. The van der Waals surface area contributed by atoms with Gasteiger partial charge in [-0.15, -0.1) is 0 Å². The first-order valence-corrected chi connectivity index (χ1v) is 13.1. The van der Waals surface area contributed by atoms with Crippen molar-refractivity contribution < 1.29 is 23.7 Å². The van der Waals surface area contributed by atoms with Crippen molar-refractivity contribution in [2.45, 2.75) is 64.5 Å². The number of rotatable bonds is 13. The molecule has 1 saturated heterocycles. The number of hydrogen-bond donors (Lipinski definition) is 0. The zero-order chi connectivity index (χ0) is 25.9. The Labute approximate surface area is 221 Å². The molecule has 37 heavy (non-hydrogen) atoms. The molecule has 0 aromatic heterocycles. The fraction of sp³-hybridized carbons (Fsp3) is 0.438. The molecule has 0 amide bonds. The monoisotopic (exact) mass is 504 g/mol. The lowest BCUT2D eigenvalue weighted by Gasteiger charge is -2.46. The van der Waals surface area contributed by atoms with Gasteiger partial charge in [0.2, 0.25) is 0 Å². The van der Waals surface area contributed by atoms with Crippen LogP contribution < -0.4 is 0 Å². The molecule has 3 aromatic carbocycles. The summed E-state index contributed by atoms with van der Waals surface area (Å²) in [6, 6.07) is 30.7. The second-order valence-electron chi connectivity index (χ2n) is 10.4. The van der Waals surface area contributed by atoms with Crippen LogP contribution in [-0.2, 0) is 43.5 Å². The lowest BCUT2D eigenvalue weighted by atomic mass is 9.81. The van der Waals surface area contributed by atoms with Gasteiger partial charge in [-0.3, -0.25) is 0 Å². The van der Waals surface area contributed by atoms with Crippen LogP contribution >= 0.6 is 0 Å². The predicted octanol–water partition coefficient (Wildman–Crippen LogP) is 6.20. The van der Waals surface area contributed by atoms with Crippen LogP contribution in [0.1, 0.15) is 37.0 Å². The molecule has 4 rings (SSSR count). The summed E-state index contributed by atoms with van der Waals surface area (Å²) < 4.78 is 31.6. The minimum atomic E-state index is -0.275. The lowest BCUT2D eigenvalue weighted by Crippen LogP contribution is -2.56. The first kappa shape index (κ1) is 27.5. The first-order chi connectivity index (χ1) is 18.0. The Morgan fingerprint density at radius 3 is 1.78 bits per heavy atom. The third kappa shape index (κ3) is 8.22. The molecule has 3 aromatic rings. The summed E-state index contributed by atoms with van der Waals surface area (Å²) >= 11 is 0. The Kier molecular flexibility index (Phi) is 10.3. The average molecular weight is 505 g/mol. The molecule has 0 spiro atoms. The minimum Gasteiger partial charge on any atom is -0.384 e. The molecular weight excluding hydrogens is 464 g/mol. The van der Waals surface area contributed by atoms with Crippen molar-refractivity contribution in [2.75, 3.05) is 20.3 Å². The zero-order valence-electron chi connectivity index (χ0n) is 22.3. The van der Waals surface area contributed by atoms with Crippen molar-refractivity contribution in [3.63, 3.8) is 0 Å². The molecule has 0 saturated carbocycles. The van der Waals surface area contributed by atoms with E-state index in [4.69, 9.17) is 23.7 Å². The third-order valence-corrected chi connectivity index (χ3v) is 6.89. The summed E-state index contributed by atoms with van der Waals surface area (Å²) in [5, 5.41) is 0. The predicted molar refractivity (Wildman–Crippen MR) is 145 cm³/mol. The van der Waals surface area contributed by atoms with Crippen LogP contribution in [0.4, 0.5) is 0 Å². The summed E-state index contributed by atoms with van der Waals surface area (Å²) in [5.74, 6) is 0. The smallest absolute Gasteiger partial charge is 0.113 e. The zero-order valence-corrected chi connectivity index (χ0v) is 22.3. The highest BCUT2D eigenvalue weighted by Gasteiger charge is 2.45. The molecule has 1 aliphatic rings. The van der Waals surface area contributed by atoms with E-state index in [1.54, 1.807) is 7.11 Å². The third-order valence-electron chi connectivity index (χ3n) is 6.89. The maximum atomic E-state index is 6.72. The molecule has 0 radical (unpaired) electrons. The molecule has 4 atom stereocenters. The summed E-state index contributed by atoms with van der Waals surface area (Å²) in [5.41, 5.74) is 3.20. The average Bonchev–Trinajstić information content (AvgIpc) is 2.92. The Morgan fingerprint density at radius 1 is 0.730 bits per heavy atom. The van der Waals surface area contributed by atoms with E-state index < -0.39 is 0 Å². The van der Waals surface area contributed by atoms with E-state index in [9.17, 15) is 0 Å². The van der Waals surface area contributed by atoms with Gasteiger partial charge in [0, 0.05) is 18.9 Å². The van der Waals surface area contributed by atoms with Crippen LogP contribution in [-0.4, -0.2) is 44.7 Å². The number of hydrogen-bond acceptors (Lipinski definition) is 5. The second kappa shape index (κ2) is 13.8. The molecule has 5 heteroatoms. The van der Waals surface area contributed by atoms with Crippen LogP contribution in [0.5, 0.6) is 0 Å². The highest BCUT2D eigenvalue weighted by atomic mass is 16.6. The normalized spacial score (nSPS) is 22.1. The Balaban J connectivity index is 1.52. The summed E-state index contributed by atoms with van der Waals surface area (Å²) in [7, 11) is 1.74. The molecule has 0 N–H and O–H groups in total. The SMILES string of the molecule is COCC(C)(C)[C@H]1C[C@@H](OCc2ccccc2)[C@H](OCc2ccccc2)[C@@H](COCc2ccccc2)O1. The first-order valence-electron chi connectivity index (χ1n) is 13.1. The van der Waals surface area contributed by atoms with Crippen LogP contribution in [0.2, 0.25) is 0 Å². The molecular formula is C32H40O5. The Hall–Kier alpha value is -2.54.